The first-order chi connectivity index (χ1) is 11.5. The predicted molar refractivity (Wildman–Crippen MR) is 84.5 cm³/mol. The van der Waals surface area contributed by atoms with Crippen molar-refractivity contribution in [2.24, 2.45) is 5.92 Å². The van der Waals surface area contributed by atoms with Crippen LogP contribution >= 0.6 is 0 Å². The topological polar surface area (TPSA) is 46.3 Å². The average molecular weight is 334 g/mol. The van der Waals surface area contributed by atoms with E-state index >= 15 is 0 Å². The van der Waals surface area contributed by atoms with Crippen LogP contribution in [0.25, 0.3) is 0 Å². The zero-order valence-electron chi connectivity index (χ0n) is 13.6. The maximum absolute atomic E-state index is 13.7. The zero-order chi connectivity index (χ0) is 17.1. The van der Waals surface area contributed by atoms with Crippen LogP contribution in [-0.2, 0) is 6.42 Å². The number of piperidine rings is 1. The van der Waals surface area contributed by atoms with Crippen LogP contribution in [0, 0.1) is 24.5 Å². The smallest absolute Gasteiger partial charge is 0.292 e. The Kier molecular flexibility index (Phi) is 4.92. The maximum atomic E-state index is 13.7. The summed E-state index contributed by atoms with van der Waals surface area (Å²) in [5.74, 6) is -0.705. The van der Waals surface area contributed by atoms with Gasteiger partial charge in [0.1, 0.15) is 11.6 Å². The SMILES string of the molecule is Cc1cc(C(=O)N2CCC[C@@H](CCc3c(F)cccc3F)C2)on1. The van der Waals surface area contributed by atoms with E-state index < -0.39 is 11.6 Å². The molecule has 4 nitrogen and oxygen atoms in total. The molecule has 2 heterocycles. The van der Waals surface area contributed by atoms with Crippen molar-refractivity contribution < 1.29 is 18.1 Å². The fourth-order valence-corrected chi connectivity index (χ4v) is 3.22. The predicted octanol–water partition coefficient (Wildman–Crippen LogP) is 3.75. The minimum absolute atomic E-state index is 0.131. The van der Waals surface area contributed by atoms with Gasteiger partial charge in [0.15, 0.2) is 0 Å². The highest BCUT2D eigenvalue weighted by Gasteiger charge is 2.27. The third-order valence-corrected chi connectivity index (χ3v) is 4.51. The number of halogens is 2. The van der Waals surface area contributed by atoms with E-state index in [2.05, 4.69) is 5.16 Å². The molecule has 0 unspecified atom stereocenters. The van der Waals surface area contributed by atoms with E-state index in [1.165, 1.54) is 18.2 Å². The molecule has 0 saturated carbocycles. The monoisotopic (exact) mass is 334 g/mol. The van der Waals surface area contributed by atoms with Crippen LogP contribution in [0.3, 0.4) is 0 Å². The largest absolute Gasteiger partial charge is 0.351 e. The van der Waals surface area contributed by atoms with E-state index in [1.54, 1.807) is 17.9 Å². The van der Waals surface area contributed by atoms with Gasteiger partial charge in [-0.25, -0.2) is 8.78 Å². The lowest BCUT2D eigenvalue weighted by Gasteiger charge is -2.32. The molecular weight excluding hydrogens is 314 g/mol. The number of carbonyl (C=O) groups excluding carboxylic acids is 1. The van der Waals surface area contributed by atoms with E-state index in [4.69, 9.17) is 4.52 Å². The molecule has 1 aromatic heterocycles. The number of amides is 1. The number of likely N-dealkylation sites (tertiary alicyclic amines) is 1. The zero-order valence-corrected chi connectivity index (χ0v) is 13.6. The summed E-state index contributed by atoms with van der Waals surface area (Å²) >= 11 is 0. The molecule has 0 bridgehead atoms. The minimum atomic E-state index is -0.504. The van der Waals surface area contributed by atoms with Gasteiger partial charge in [0, 0.05) is 24.7 Å². The van der Waals surface area contributed by atoms with Crippen molar-refractivity contribution in [2.45, 2.75) is 32.6 Å². The van der Waals surface area contributed by atoms with Gasteiger partial charge in [-0.2, -0.15) is 0 Å². The molecule has 3 rings (SSSR count). The summed E-state index contributed by atoms with van der Waals surface area (Å²) in [4.78, 5) is 14.2. The normalized spacial score (nSPS) is 18.0. The van der Waals surface area contributed by atoms with Crippen molar-refractivity contribution in [1.29, 1.82) is 0 Å². The Balaban J connectivity index is 1.60. The first kappa shape index (κ1) is 16.6. The summed E-state index contributed by atoms with van der Waals surface area (Å²) in [5.41, 5.74) is 0.800. The van der Waals surface area contributed by atoms with E-state index in [9.17, 15) is 13.6 Å². The molecule has 1 aromatic carbocycles. The third-order valence-electron chi connectivity index (χ3n) is 4.51. The maximum Gasteiger partial charge on any atom is 0.292 e. The van der Waals surface area contributed by atoms with Crippen molar-refractivity contribution in [3.8, 4) is 0 Å². The summed E-state index contributed by atoms with van der Waals surface area (Å²) in [6.45, 7) is 3.01. The van der Waals surface area contributed by atoms with Crippen LogP contribution in [0.5, 0.6) is 0 Å². The molecular formula is C18H20F2N2O2. The number of rotatable bonds is 4. The van der Waals surface area contributed by atoms with Crippen LogP contribution in [0.15, 0.2) is 28.8 Å². The standard InChI is InChI=1S/C18H20F2N2O2/c1-12-10-17(24-21-12)18(23)22-9-3-4-13(11-22)7-8-14-15(19)5-2-6-16(14)20/h2,5-6,10,13H,3-4,7-9,11H2,1H3/t13-/m0/s1. The first-order valence-corrected chi connectivity index (χ1v) is 8.20. The Morgan fingerprint density at radius 2 is 2.12 bits per heavy atom. The second kappa shape index (κ2) is 7.11. The molecule has 0 aliphatic carbocycles. The van der Waals surface area contributed by atoms with Gasteiger partial charge < -0.3 is 9.42 Å². The molecule has 2 aromatic rings. The Morgan fingerprint density at radius 1 is 1.38 bits per heavy atom. The number of aryl methyl sites for hydroxylation is 1. The van der Waals surface area contributed by atoms with E-state index in [0.29, 0.717) is 31.6 Å². The van der Waals surface area contributed by atoms with Gasteiger partial charge in [-0.1, -0.05) is 11.2 Å². The minimum Gasteiger partial charge on any atom is -0.351 e. The Morgan fingerprint density at radius 3 is 2.79 bits per heavy atom. The van der Waals surface area contributed by atoms with Gasteiger partial charge in [-0.05, 0) is 50.7 Å². The van der Waals surface area contributed by atoms with Crippen LogP contribution in [0.4, 0.5) is 8.78 Å². The molecule has 1 aliphatic heterocycles. The second-order valence-electron chi connectivity index (χ2n) is 6.33. The van der Waals surface area contributed by atoms with E-state index in [-0.39, 0.29) is 23.1 Å². The van der Waals surface area contributed by atoms with Crippen molar-refractivity contribution in [3.05, 3.63) is 52.9 Å². The van der Waals surface area contributed by atoms with Gasteiger partial charge in [-0.15, -0.1) is 0 Å². The number of hydrogen-bond acceptors (Lipinski definition) is 3. The van der Waals surface area contributed by atoms with Crippen molar-refractivity contribution in [3.63, 3.8) is 0 Å². The van der Waals surface area contributed by atoms with Gasteiger partial charge in [0.25, 0.3) is 5.91 Å². The Hall–Kier alpha value is -2.24. The van der Waals surface area contributed by atoms with Crippen LogP contribution in [0.2, 0.25) is 0 Å². The number of aromatic nitrogens is 1. The van der Waals surface area contributed by atoms with Gasteiger partial charge in [0.05, 0.1) is 5.69 Å². The van der Waals surface area contributed by atoms with Crippen LogP contribution < -0.4 is 0 Å². The molecule has 24 heavy (non-hydrogen) atoms. The summed E-state index contributed by atoms with van der Waals surface area (Å²) in [6.07, 6.45) is 2.82. The van der Waals surface area contributed by atoms with Crippen molar-refractivity contribution in [2.75, 3.05) is 13.1 Å². The molecule has 6 heteroatoms. The highest BCUT2D eigenvalue weighted by molar-refractivity contribution is 5.91. The lowest BCUT2D eigenvalue weighted by Crippen LogP contribution is -2.40. The van der Waals surface area contributed by atoms with E-state index in [0.717, 1.165) is 12.8 Å². The Labute approximate surface area is 139 Å². The summed E-state index contributed by atoms with van der Waals surface area (Å²) in [6, 6.07) is 5.55. The van der Waals surface area contributed by atoms with E-state index in [1.807, 2.05) is 0 Å². The van der Waals surface area contributed by atoms with Gasteiger partial charge in [-0.3, -0.25) is 4.79 Å². The molecule has 0 spiro atoms. The summed E-state index contributed by atoms with van der Waals surface area (Å²) in [7, 11) is 0. The van der Waals surface area contributed by atoms with Gasteiger partial charge >= 0.3 is 0 Å². The highest BCUT2D eigenvalue weighted by atomic mass is 19.1. The summed E-state index contributed by atoms with van der Waals surface area (Å²) < 4.78 is 32.5. The summed E-state index contributed by atoms with van der Waals surface area (Å²) in [5, 5.41) is 3.74. The fourth-order valence-electron chi connectivity index (χ4n) is 3.22. The number of benzene rings is 1. The number of nitrogens with zero attached hydrogens (tertiary/aromatic N) is 2. The Bertz CT molecular complexity index is 709. The van der Waals surface area contributed by atoms with Crippen molar-refractivity contribution in [1.82, 2.24) is 10.1 Å². The molecule has 1 saturated heterocycles. The highest BCUT2D eigenvalue weighted by Crippen LogP contribution is 2.24. The lowest BCUT2D eigenvalue weighted by molar-refractivity contribution is 0.0626. The first-order valence-electron chi connectivity index (χ1n) is 8.20. The third kappa shape index (κ3) is 3.63. The van der Waals surface area contributed by atoms with Gasteiger partial charge in [0.2, 0.25) is 5.76 Å². The molecule has 0 radical (unpaired) electrons. The fraction of sp³-hybridized carbons (Fsp3) is 0.444. The quantitative estimate of drug-likeness (QED) is 0.855. The van der Waals surface area contributed by atoms with Crippen LogP contribution in [-0.4, -0.2) is 29.1 Å². The molecule has 1 atom stereocenters. The molecule has 128 valence electrons. The average Bonchev–Trinajstić information content (AvgIpc) is 3.00. The second-order valence-corrected chi connectivity index (χ2v) is 6.33. The molecule has 0 N–H and O–H groups in total. The number of carbonyl (C=O) groups is 1. The number of hydrogen-bond donors (Lipinski definition) is 0. The molecule has 1 aliphatic rings. The molecule has 1 amide bonds. The lowest BCUT2D eigenvalue weighted by atomic mass is 9.91. The molecule has 1 fully saturated rings. The van der Waals surface area contributed by atoms with Crippen LogP contribution in [0.1, 0.15) is 41.1 Å². The van der Waals surface area contributed by atoms with Crippen molar-refractivity contribution >= 4 is 5.91 Å².